The Morgan fingerprint density at radius 1 is 1.23 bits per heavy atom. The summed E-state index contributed by atoms with van der Waals surface area (Å²) in [5.74, 6) is -0.234. The van der Waals surface area contributed by atoms with Gasteiger partial charge in [-0.05, 0) is 36.4 Å². The standard InChI is InChI=1S/C16H16N4O2/c1-22-9-8-18-16(21)15-7-6-14(11-19-15)20-13-4-2-12(10-17)3-5-13/h2-7,11,20H,8-9H2,1H3,(H,18,21). The lowest BCUT2D eigenvalue weighted by Gasteiger charge is -2.07. The van der Waals surface area contributed by atoms with Crippen LogP contribution >= 0.6 is 0 Å². The fourth-order valence-electron chi connectivity index (χ4n) is 1.75. The van der Waals surface area contributed by atoms with E-state index in [9.17, 15) is 4.79 Å². The van der Waals surface area contributed by atoms with Gasteiger partial charge in [-0.25, -0.2) is 4.98 Å². The van der Waals surface area contributed by atoms with Gasteiger partial charge < -0.3 is 15.4 Å². The van der Waals surface area contributed by atoms with Gasteiger partial charge in [0.1, 0.15) is 5.69 Å². The molecule has 0 aliphatic carbocycles. The second kappa shape index (κ2) is 7.76. The van der Waals surface area contributed by atoms with Crippen molar-refractivity contribution in [3.05, 3.63) is 53.9 Å². The van der Waals surface area contributed by atoms with Gasteiger partial charge in [0.25, 0.3) is 5.91 Å². The minimum Gasteiger partial charge on any atom is -0.383 e. The molecule has 22 heavy (non-hydrogen) atoms. The number of anilines is 2. The van der Waals surface area contributed by atoms with Crippen molar-refractivity contribution in [2.45, 2.75) is 0 Å². The number of nitrogens with one attached hydrogen (secondary N) is 2. The molecule has 112 valence electrons. The minimum atomic E-state index is -0.234. The lowest BCUT2D eigenvalue weighted by molar-refractivity contribution is 0.0932. The molecule has 6 nitrogen and oxygen atoms in total. The van der Waals surface area contributed by atoms with E-state index < -0.39 is 0 Å². The largest absolute Gasteiger partial charge is 0.383 e. The van der Waals surface area contributed by atoms with E-state index in [0.717, 1.165) is 11.4 Å². The molecule has 2 rings (SSSR count). The highest BCUT2D eigenvalue weighted by atomic mass is 16.5. The first-order chi connectivity index (χ1) is 10.7. The molecule has 0 spiro atoms. The fraction of sp³-hybridized carbons (Fsp3) is 0.188. The summed E-state index contributed by atoms with van der Waals surface area (Å²) in [7, 11) is 1.58. The van der Waals surface area contributed by atoms with Crippen LogP contribution in [-0.4, -0.2) is 31.2 Å². The summed E-state index contributed by atoms with van der Waals surface area (Å²) in [6, 6.07) is 12.6. The molecule has 0 saturated carbocycles. The van der Waals surface area contributed by atoms with Crippen LogP contribution in [0.3, 0.4) is 0 Å². The van der Waals surface area contributed by atoms with Crippen LogP contribution in [0, 0.1) is 11.3 Å². The zero-order valence-electron chi connectivity index (χ0n) is 12.2. The molecule has 0 radical (unpaired) electrons. The van der Waals surface area contributed by atoms with Gasteiger partial charge in [-0.2, -0.15) is 5.26 Å². The Morgan fingerprint density at radius 3 is 2.55 bits per heavy atom. The SMILES string of the molecule is COCCNC(=O)c1ccc(Nc2ccc(C#N)cc2)cn1. The van der Waals surface area contributed by atoms with Crippen molar-refractivity contribution in [1.82, 2.24) is 10.3 Å². The van der Waals surface area contributed by atoms with Crippen LogP contribution in [0.5, 0.6) is 0 Å². The lowest BCUT2D eigenvalue weighted by atomic mass is 10.2. The monoisotopic (exact) mass is 296 g/mol. The van der Waals surface area contributed by atoms with Crippen LogP contribution in [-0.2, 0) is 4.74 Å². The molecule has 0 aliphatic heterocycles. The number of methoxy groups -OCH3 is 1. The van der Waals surface area contributed by atoms with Gasteiger partial charge in [-0.15, -0.1) is 0 Å². The molecule has 6 heteroatoms. The molecule has 2 aromatic rings. The van der Waals surface area contributed by atoms with E-state index in [2.05, 4.69) is 21.7 Å². The second-order valence-corrected chi connectivity index (χ2v) is 4.49. The van der Waals surface area contributed by atoms with Gasteiger partial charge in [0.2, 0.25) is 0 Å². The average Bonchev–Trinajstić information content (AvgIpc) is 2.56. The first kappa shape index (κ1) is 15.5. The fourth-order valence-corrected chi connectivity index (χ4v) is 1.75. The van der Waals surface area contributed by atoms with Crippen LogP contribution in [0.2, 0.25) is 0 Å². The van der Waals surface area contributed by atoms with E-state index >= 15 is 0 Å². The van der Waals surface area contributed by atoms with Gasteiger partial charge in [0, 0.05) is 19.3 Å². The van der Waals surface area contributed by atoms with Crippen LogP contribution in [0.15, 0.2) is 42.6 Å². The first-order valence-electron chi connectivity index (χ1n) is 6.73. The van der Waals surface area contributed by atoms with Crippen LogP contribution in [0.1, 0.15) is 16.1 Å². The summed E-state index contributed by atoms with van der Waals surface area (Å²) in [4.78, 5) is 15.9. The molecule has 0 aliphatic rings. The summed E-state index contributed by atoms with van der Waals surface area (Å²) in [6.07, 6.45) is 1.59. The Labute approximate surface area is 128 Å². The quantitative estimate of drug-likeness (QED) is 0.797. The number of ether oxygens (including phenoxy) is 1. The maximum Gasteiger partial charge on any atom is 0.269 e. The normalized spacial score (nSPS) is 9.82. The van der Waals surface area contributed by atoms with Crippen molar-refractivity contribution in [3.8, 4) is 6.07 Å². The molecule has 0 atom stereocenters. The molecule has 1 heterocycles. The van der Waals surface area contributed by atoms with Gasteiger partial charge in [-0.3, -0.25) is 4.79 Å². The highest BCUT2D eigenvalue weighted by Crippen LogP contribution is 2.16. The zero-order chi connectivity index (χ0) is 15.8. The van der Waals surface area contributed by atoms with E-state index in [1.165, 1.54) is 0 Å². The smallest absolute Gasteiger partial charge is 0.269 e. The van der Waals surface area contributed by atoms with E-state index in [1.807, 2.05) is 12.1 Å². The Hall–Kier alpha value is -2.91. The predicted molar refractivity (Wildman–Crippen MR) is 82.9 cm³/mol. The minimum absolute atomic E-state index is 0.234. The Bertz CT molecular complexity index is 660. The number of carbonyl (C=O) groups excluding carboxylic acids is 1. The number of pyridine rings is 1. The molecule has 1 aromatic heterocycles. The molecular weight excluding hydrogens is 280 g/mol. The second-order valence-electron chi connectivity index (χ2n) is 4.49. The molecular formula is C16H16N4O2. The Morgan fingerprint density at radius 2 is 1.95 bits per heavy atom. The predicted octanol–water partition coefficient (Wildman–Crippen LogP) is 2.07. The molecule has 1 aromatic carbocycles. The number of nitriles is 1. The van der Waals surface area contributed by atoms with Crippen LogP contribution in [0.25, 0.3) is 0 Å². The van der Waals surface area contributed by atoms with Crippen LogP contribution < -0.4 is 10.6 Å². The van der Waals surface area contributed by atoms with Crippen molar-refractivity contribution in [2.75, 3.05) is 25.6 Å². The Kier molecular flexibility index (Phi) is 5.46. The van der Waals surface area contributed by atoms with Crippen LogP contribution in [0.4, 0.5) is 11.4 Å². The van der Waals surface area contributed by atoms with Crippen molar-refractivity contribution < 1.29 is 9.53 Å². The zero-order valence-corrected chi connectivity index (χ0v) is 12.2. The molecule has 0 unspecified atom stereocenters. The average molecular weight is 296 g/mol. The van der Waals surface area contributed by atoms with E-state index in [0.29, 0.717) is 24.4 Å². The van der Waals surface area contributed by atoms with E-state index in [-0.39, 0.29) is 5.91 Å². The Balaban J connectivity index is 1.96. The maximum atomic E-state index is 11.8. The number of aromatic nitrogens is 1. The van der Waals surface area contributed by atoms with Crippen molar-refractivity contribution in [3.63, 3.8) is 0 Å². The van der Waals surface area contributed by atoms with Crippen molar-refractivity contribution in [1.29, 1.82) is 5.26 Å². The molecule has 0 saturated heterocycles. The maximum absolute atomic E-state index is 11.8. The number of amides is 1. The third kappa shape index (κ3) is 4.30. The van der Waals surface area contributed by atoms with Gasteiger partial charge in [0.15, 0.2) is 0 Å². The first-order valence-corrected chi connectivity index (χ1v) is 6.73. The third-order valence-electron chi connectivity index (χ3n) is 2.89. The lowest BCUT2D eigenvalue weighted by Crippen LogP contribution is -2.27. The number of benzene rings is 1. The number of carbonyl (C=O) groups is 1. The highest BCUT2D eigenvalue weighted by molar-refractivity contribution is 5.92. The summed E-state index contributed by atoms with van der Waals surface area (Å²) in [5, 5.41) is 14.6. The van der Waals surface area contributed by atoms with E-state index in [1.54, 1.807) is 37.6 Å². The number of nitrogens with zero attached hydrogens (tertiary/aromatic N) is 2. The van der Waals surface area contributed by atoms with Crippen molar-refractivity contribution in [2.24, 2.45) is 0 Å². The molecule has 1 amide bonds. The topological polar surface area (TPSA) is 87.0 Å². The third-order valence-corrected chi connectivity index (χ3v) is 2.89. The van der Waals surface area contributed by atoms with Gasteiger partial charge in [0.05, 0.1) is 30.1 Å². The van der Waals surface area contributed by atoms with Gasteiger partial charge in [-0.1, -0.05) is 0 Å². The number of rotatable bonds is 6. The number of hydrogen-bond donors (Lipinski definition) is 2. The molecule has 0 fully saturated rings. The highest BCUT2D eigenvalue weighted by Gasteiger charge is 2.06. The van der Waals surface area contributed by atoms with Gasteiger partial charge >= 0.3 is 0 Å². The summed E-state index contributed by atoms with van der Waals surface area (Å²) < 4.78 is 4.86. The van der Waals surface area contributed by atoms with Crippen molar-refractivity contribution >= 4 is 17.3 Å². The summed E-state index contributed by atoms with van der Waals surface area (Å²) in [6.45, 7) is 0.909. The molecule has 2 N–H and O–H groups in total. The summed E-state index contributed by atoms with van der Waals surface area (Å²) in [5.41, 5.74) is 2.56. The number of hydrogen-bond acceptors (Lipinski definition) is 5. The molecule has 0 bridgehead atoms. The summed E-state index contributed by atoms with van der Waals surface area (Å²) >= 11 is 0. The van der Waals surface area contributed by atoms with E-state index in [4.69, 9.17) is 10.00 Å².